The van der Waals surface area contributed by atoms with Gasteiger partial charge < -0.3 is 19.7 Å². The lowest BCUT2D eigenvalue weighted by Gasteiger charge is -2.19. The summed E-state index contributed by atoms with van der Waals surface area (Å²) < 4.78 is 11.5. The first-order chi connectivity index (χ1) is 12.8. The molecule has 6 heteroatoms. The number of rotatable bonds is 7. The first kappa shape index (κ1) is 20.0. The van der Waals surface area contributed by atoms with Crippen molar-refractivity contribution in [2.24, 2.45) is 0 Å². The largest absolute Gasteiger partial charge is 0.491 e. The third-order valence-electron chi connectivity index (χ3n) is 4.32. The van der Waals surface area contributed by atoms with Gasteiger partial charge in [0, 0.05) is 24.7 Å². The number of halogens is 1. The minimum absolute atomic E-state index is 0.243. The van der Waals surface area contributed by atoms with Crippen LogP contribution < -0.4 is 9.47 Å². The molecule has 2 N–H and O–H groups in total. The van der Waals surface area contributed by atoms with E-state index in [1.807, 2.05) is 36.4 Å². The van der Waals surface area contributed by atoms with E-state index in [2.05, 4.69) is 4.90 Å². The van der Waals surface area contributed by atoms with Crippen LogP contribution in [-0.4, -0.2) is 52.6 Å². The van der Waals surface area contributed by atoms with Gasteiger partial charge >= 0.3 is 0 Å². The number of likely N-dealkylation sites (tertiary alicyclic amines) is 1. The molecule has 0 aliphatic carbocycles. The number of aliphatic hydroxyl groups excluding tert-OH is 1. The molecule has 2 atom stereocenters. The molecule has 5 nitrogen and oxygen atoms in total. The van der Waals surface area contributed by atoms with Gasteiger partial charge in [-0.05, 0) is 49.7 Å². The van der Waals surface area contributed by atoms with Crippen LogP contribution in [0, 0.1) is 0 Å². The zero-order valence-electron chi connectivity index (χ0n) is 15.6. The van der Waals surface area contributed by atoms with Crippen molar-refractivity contribution in [2.45, 2.75) is 38.2 Å². The highest BCUT2D eigenvalue weighted by Crippen LogP contribution is 2.23. The second kappa shape index (κ2) is 8.48. The summed E-state index contributed by atoms with van der Waals surface area (Å²) in [6.07, 6.45) is -0.823. The van der Waals surface area contributed by atoms with E-state index in [-0.39, 0.29) is 12.7 Å². The molecule has 0 saturated carbocycles. The molecule has 0 bridgehead atoms. The Kier molecular flexibility index (Phi) is 6.27. The Balaban J connectivity index is 1.52. The van der Waals surface area contributed by atoms with E-state index >= 15 is 0 Å². The zero-order chi connectivity index (χ0) is 19.4. The predicted octanol–water partition coefficient (Wildman–Crippen LogP) is 3.11. The lowest BCUT2D eigenvalue weighted by atomic mass is 10.1. The van der Waals surface area contributed by atoms with E-state index in [9.17, 15) is 10.2 Å². The Hall–Kier alpha value is -1.79. The number of β-amino-alcohol motifs (C(OH)–C–C–N with tert-alkyl or cyclic N) is 1. The maximum absolute atomic E-state index is 10.3. The van der Waals surface area contributed by atoms with E-state index in [4.69, 9.17) is 21.1 Å². The SMILES string of the molecule is CC(C)(O)COc1ccc(CN2C[C@H](Oc3cccc(Cl)c3)[C@@H](O)C2)cc1. The van der Waals surface area contributed by atoms with E-state index in [0.29, 0.717) is 23.9 Å². The van der Waals surface area contributed by atoms with Crippen molar-refractivity contribution < 1.29 is 19.7 Å². The van der Waals surface area contributed by atoms with Gasteiger partial charge in [-0.15, -0.1) is 0 Å². The minimum atomic E-state index is -0.859. The van der Waals surface area contributed by atoms with Crippen LogP contribution in [0.4, 0.5) is 0 Å². The van der Waals surface area contributed by atoms with E-state index < -0.39 is 11.7 Å². The fourth-order valence-corrected chi connectivity index (χ4v) is 3.18. The fourth-order valence-electron chi connectivity index (χ4n) is 3.00. The molecule has 1 aliphatic rings. The maximum Gasteiger partial charge on any atom is 0.138 e. The van der Waals surface area contributed by atoms with Crippen molar-refractivity contribution in [3.8, 4) is 11.5 Å². The van der Waals surface area contributed by atoms with Crippen molar-refractivity contribution in [1.29, 1.82) is 0 Å². The van der Waals surface area contributed by atoms with Gasteiger partial charge in [0.15, 0.2) is 0 Å². The second-order valence-corrected chi connectivity index (χ2v) is 8.06. The first-order valence-electron chi connectivity index (χ1n) is 9.05. The Morgan fingerprint density at radius 1 is 1.11 bits per heavy atom. The van der Waals surface area contributed by atoms with Crippen molar-refractivity contribution >= 4 is 11.6 Å². The van der Waals surface area contributed by atoms with Gasteiger partial charge in [-0.25, -0.2) is 0 Å². The second-order valence-electron chi connectivity index (χ2n) is 7.62. The average molecular weight is 392 g/mol. The molecule has 3 rings (SSSR count). The van der Waals surface area contributed by atoms with Crippen molar-refractivity contribution in [2.75, 3.05) is 19.7 Å². The fraction of sp³-hybridized carbons (Fsp3) is 0.429. The molecule has 2 aromatic carbocycles. The van der Waals surface area contributed by atoms with Gasteiger partial charge in [0.1, 0.15) is 30.3 Å². The smallest absolute Gasteiger partial charge is 0.138 e. The van der Waals surface area contributed by atoms with Crippen LogP contribution in [0.25, 0.3) is 0 Å². The van der Waals surface area contributed by atoms with E-state index in [1.54, 1.807) is 26.0 Å². The van der Waals surface area contributed by atoms with Gasteiger partial charge in [0.25, 0.3) is 0 Å². The lowest BCUT2D eigenvalue weighted by Crippen LogP contribution is -2.29. The summed E-state index contributed by atoms with van der Waals surface area (Å²) in [5.74, 6) is 1.39. The monoisotopic (exact) mass is 391 g/mol. The quantitative estimate of drug-likeness (QED) is 0.759. The molecule has 0 spiro atoms. The van der Waals surface area contributed by atoms with Crippen LogP contribution in [-0.2, 0) is 6.54 Å². The normalized spacial score (nSPS) is 20.6. The molecule has 0 amide bonds. The molecule has 0 radical (unpaired) electrons. The highest BCUT2D eigenvalue weighted by molar-refractivity contribution is 6.30. The Labute approximate surface area is 165 Å². The topological polar surface area (TPSA) is 62.2 Å². The van der Waals surface area contributed by atoms with E-state index in [0.717, 1.165) is 17.9 Å². The third-order valence-corrected chi connectivity index (χ3v) is 4.55. The van der Waals surface area contributed by atoms with Crippen LogP contribution in [0.3, 0.4) is 0 Å². The van der Waals surface area contributed by atoms with E-state index in [1.165, 1.54) is 0 Å². The van der Waals surface area contributed by atoms with Gasteiger partial charge in [-0.3, -0.25) is 4.90 Å². The minimum Gasteiger partial charge on any atom is -0.491 e. The molecule has 0 unspecified atom stereocenters. The third kappa shape index (κ3) is 6.11. The van der Waals surface area contributed by atoms with Crippen LogP contribution in [0.1, 0.15) is 19.4 Å². The van der Waals surface area contributed by atoms with Crippen LogP contribution in [0.2, 0.25) is 5.02 Å². The molecule has 1 aliphatic heterocycles. The highest BCUT2D eigenvalue weighted by atomic mass is 35.5. The number of hydrogen-bond donors (Lipinski definition) is 2. The van der Waals surface area contributed by atoms with Crippen molar-refractivity contribution in [3.63, 3.8) is 0 Å². The van der Waals surface area contributed by atoms with Crippen LogP contribution in [0.15, 0.2) is 48.5 Å². The first-order valence-corrected chi connectivity index (χ1v) is 9.43. The summed E-state index contributed by atoms with van der Waals surface area (Å²) in [4.78, 5) is 2.16. The number of aliphatic hydroxyl groups is 2. The standard InChI is InChI=1S/C21H26ClNO4/c1-21(2,25)14-26-17-8-6-15(7-9-17)11-23-12-19(24)20(13-23)27-18-5-3-4-16(22)10-18/h3-10,19-20,24-25H,11-14H2,1-2H3/t19-,20-/m0/s1. The Morgan fingerprint density at radius 3 is 2.52 bits per heavy atom. The molecular weight excluding hydrogens is 366 g/mol. The molecule has 0 aromatic heterocycles. The molecule has 1 fully saturated rings. The lowest BCUT2D eigenvalue weighted by molar-refractivity contribution is 0.0285. The molecule has 1 saturated heterocycles. The zero-order valence-corrected chi connectivity index (χ0v) is 16.4. The summed E-state index contributed by atoms with van der Waals surface area (Å²) in [6, 6.07) is 15.0. The van der Waals surface area contributed by atoms with Crippen LogP contribution >= 0.6 is 11.6 Å². The molecule has 2 aromatic rings. The summed E-state index contributed by atoms with van der Waals surface area (Å²) >= 11 is 5.99. The van der Waals surface area contributed by atoms with Gasteiger partial charge in [0.2, 0.25) is 0 Å². The molecule has 27 heavy (non-hydrogen) atoms. The average Bonchev–Trinajstić information content (AvgIpc) is 2.93. The van der Waals surface area contributed by atoms with Gasteiger partial charge in [0.05, 0.1) is 5.60 Å². The predicted molar refractivity (Wildman–Crippen MR) is 105 cm³/mol. The molecule has 146 valence electrons. The number of nitrogens with zero attached hydrogens (tertiary/aromatic N) is 1. The highest BCUT2D eigenvalue weighted by Gasteiger charge is 2.33. The summed E-state index contributed by atoms with van der Waals surface area (Å²) in [5, 5.41) is 20.6. The summed E-state index contributed by atoms with van der Waals surface area (Å²) in [6.45, 7) is 5.59. The maximum atomic E-state index is 10.3. The van der Waals surface area contributed by atoms with Gasteiger partial charge in [-0.2, -0.15) is 0 Å². The molecular formula is C21H26ClNO4. The molecule has 1 heterocycles. The Bertz CT molecular complexity index is 745. The summed E-state index contributed by atoms with van der Waals surface area (Å²) in [5.41, 5.74) is 0.267. The van der Waals surface area contributed by atoms with Crippen molar-refractivity contribution in [3.05, 3.63) is 59.1 Å². The summed E-state index contributed by atoms with van der Waals surface area (Å²) in [7, 11) is 0. The number of benzene rings is 2. The van der Waals surface area contributed by atoms with Gasteiger partial charge in [-0.1, -0.05) is 29.8 Å². The van der Waals surface area contributed by atoms with Crippen molar-refractivity contribution in [1.82, 2.24) is 4.90 Å². The number of hydrogen-bond acceptors (Lipinski definition) is 5. The Morgan fingerprint density at radius 2 is 1.85 bits per heavy atom. The van der Waals surface area contributed by atoms with Crippen LogP contribution in [0.5, 0.6) is 11.5 Å². The number of ether oxygens (including phenoxy) is 2.